The van der Waals surface area contributed by atoms with Crippen LogP contribution in [0.2, 0.25) is 0 Å². The summed E-state index contributed by atoms with van der Waals surface area (Å²) in [7, 11) is 0. The Labute approximate surface area is 78.3 Å². The lowest BCUT2D eigenvalue weighted by atomic mass is 10.1. The molecule has 1 heterocycles. The molecule has 0 saturated heterocycles. The van der Waals surface area contributed by atoms with Gasteiger partial charge in [0.05, 0.1) is 5.69 Å². The highest BCUT2D eigenvalue weighted by Gasteiger charge is 1.96. The van der Waals surface area contributed by atoms with Gasteiger partial charge >= 0.3 is 0 Å². The highest BCUT2D eigenvalue weighted by Crippen LogP contribution is 2.11. The SMILES string of the molecule is C=C/C=C(\C=C/C)c1cccnn1. The molecule has 66 valence electrons. The van der Waals surface area contributed by atoms with Crippen molar-refractivity contribution in [1.82, 2.24) is 10.2 Å². The Balaban J connectivity index is 3.03. The monoisotopic (exact) mass is 172 g/mol. The van der Waals surface area contributed by atoms with E-state index in [0.29, 0.717) is 0 Å². The first-order valence-corrected chi connectivity index (χ1v) is 4.12. The van der Waals surface area contributed by atoms with Crippen LogP contribution >= 0.6 is 0 Å². The summed E-state index contributed by atoms with van der Waals surface area (Å²) in [6, 6.07) is 3.78. The van der Waals surface area contributed by atoms with Crippen LogP contribution < -0.4 is 0 Å². The largest absolute Gasteiger partial charge is 0.159 e. The zero-order valence-corrected chi connectivity index (χ0v) is 7.64. The van der Waals surface area contributed by atoms with Crippen molar-refractivity contribution in [3.05, 3.63) is 54.9 Å². The highest BCUT2D eigenvalue weighted by molar-refractivity contribution is 5.72. The van der Waals surface area contributed by atoms with Crippen LogP contribution in [-0.4, -0.2) is 10.2 Å². The Hall–Kier alpha value is -1.70. The third kappa shape index (κ3) is 2.67. The van der Waals surface area contributed by atoms with E-state index < -0.39 is 0 Å². The molecule has 0 unspecified atom stereocenters. The summed E-state index contributed by atoms with van der Waals surface area (Å²) >= 11 is 0. The highest BCUT2D eigenvalue weighted by atomic mass is 15.1. The van der Waals surface area contributed by atoms with Crippen molar-refractivity contribution in [1.29, 1.82) is 0 Å². The van der Waals surface area contributed by atoms with E-state index in [1.165, 1.54) is 0 Å². The third-order valence-corrected chi connectivity index (χ3v) is 1.51. The Morgan fingerprint density at radius 2 is 2.38 bits per heavy atom. The van der Waals surface area contributed by atoms with Gasteiger partial charge in [-0.3, -0.25) is 0 Å². The fourth-order valence-electron chi connectivity index (χ4n) is 0.988. The zero-order chi connectivity index (χ0) is 9.52. The summed E-state index contributed by atoms with van der Waals surface area (Å²) in [5.74, 6) is 0. The molecule has 1 aromatic rings. The second kappa shape index (κ2) is 5.04. The van der Waals surface area contributed by atoms with Crippen LogP contribution in [0.5, 0.6) is 0 Å². The summed E-state index contributed by atoms with van der Waals surface area (Å²) < 4.78 is 0. The van der Waals surface area contributed by atoms with Crippen LogP contribution in [0.25, 0.3) is 5.57 Å². The maximum absolute atomic E-state index is 4.00. The standard InChI is InChI=1S/C11H12N2/c1-3-6-10(7-4-2)11-8-5-9-12-13-11/h3-9H,1H2,2H3/b7-4-,10-6+. The van der Waals surface area contributed by atoms with Crippen molar-refractivity contribution in [2.75, 3.05) is 0 Å². The molecule has 1 aromatic heterocycles. The number of hydrogen-bond acceptors (Lipinski definition) is 2. The van der Waals surface area contributed by atoms with Crippen LogP contribution in [0.4, 0.5) is 0 Å². The average molecular weight is 172 g/mol. The van der Waals surface area contributed by atoms with E-state index in [1.807, 2.05) is 37.3 Å². The van der Waals surface area contributed by atoms with Gasteiger partial charge < -0.3 is 0 Å². The predicted molar refractivity (Wildman–Crippen MR) is 55.0 cm³/mol. The van der Waals surface area contributed by atoms with E-state index in [2.05, 4.69) is 16.8 Å². The summed E-state index contributed by atoms with van der Waals surface area (Å²) in [5, 5.41) is 7.81. The molecule has 0 bridgehead atoms. The smallest absolute Gasteiger partial charge is 0.0929 e. The lowest BCUT2D eigenvalue weighted by molar-refractivity contribution is 1.01. The van der Waals surface area contributed by atoms with E-state index in [-0.39, 0.29) is 0 Å². The number of nitrogens with zero attached hydrogens (tertiary/aromatic N) is 2. The van der Waals surface area contributed by atoms with E-state index >= 15 is 0 Å². The van der Waals surface area contributed by atoms with Crippen molar-refractivity contribution < 1.29 is 0 Å². The molecule has 0 fully saturated rings. The van der Waals surface area contributed by atoms with Crippen molar-refractivity contribution in [3.8, 4) is 0 Å². The molecule has 0 spiro atoms. The van der Waals surface area contributed by atoms with E-state index in [0.717, 1.165) is 11.3 Å². The minimum absolute atomic E-state index is 0.862. The Morgan fingerprint density at radius 1 is 1.54 bits per heavy atom. The number of hydrogen-bond donors (Lipinski definition) is 0. The second-order valence-corrected chi connectivity index (χ2v) is 2.47. The number of allylic oxidation sites excluding steroid dienone is 5. The Morgan fingerprint density at radius 3 is 2.92 bits per heavy atom. The molecular weight excluding hydrogens is 160 g/mol. The van der Waals surface area contributed by atoms with Gasteiger partial charge in [0.15, 0.2) is 0 Å². The molecule has 0 N–H and O–H groups in total. The molecule has 13 heavy (non-hydrogen) atoms. The second-order valence-electron chi connectivity index (χ2n) is 2.47. The summed E-state index contributed by atoms with van der Waals surface area (Å²) in [5.41, 5.74) is 1.88. The minimum atomic E-state index is 0.862. The van der Waals surface area contributed by atoms with Crippen LogP contribution in [0.1, 0.15) is 12.6 Å². The van der Waals surface area contributed by atoms with Crippen LogP contribution in [0.15, 0.2) is 49.2 Å². The first-order valence-electron chi connectivity index (χ1n) is 4.12. The first kappa shape index (κ1) is 9.39. The van der Waals surface area contributed by atoms with Gasteiger partial charge in [0, 0.05) is 11.8 Å². The molecule has 0 aliphatic carbocycles. The van der Waals surface area contributed by atoms with Gasteiger partial charge in [-0.05, 0) is 19.1 Å². The average Bonchev–Trinajstić information content (AvgIpc) is 2.19. The minimum Gasteiger partial charge on any atom is -0.159 e. The molecule has 0 amide bonds. The molecule has 1 rings (SSSR count). The molecule has 0 atom stereocenters. The van der Waals surface area contributed by atoms with Gasteiger partial charge in [-0.25, -0.2) is 0 Å². The van der Waals surface area contributed by atoms with E-state index in [1.54, 1.807) is 12.3 Å². The molecule has 0 saturated carbocycles. The number of aromatic nitrogens is 2. The molecule has 0 aliphatic rings. The molecule has 2 nitrogen and oxygen atoms in total. The quantitative estimate of drug-likeness (QED) is 0.655. The topological polar surface area (TPSA) is 25.8 Å². The maximum Gasteiger partial charge on any atom is 0.0929 e. The molecule has 0 aromatic carbocycles. The summed E-state index contributed by atoms with van der Waals surface area (Å²) in [6.45, 7) is 5.62. The van der Waals surface area contributed by atoms with Crippen LogP contribution in [0, 0.1) is 0 Å². The van der Waals surface area contributed by atoms with Gasteiger partial charge in [-0.1, -0.05) is 30.9 Å². The normalized spacial score (nSPS) is 11.9. The van der Waals surface area contributed by atoms with E-state index in [9.17, 15) is 0 Å². The maximum atomic E-state index is 4.00. The Bertz CT molecular complexity index is 323. The predicted octanol–water partition coefficient (Wildman–Crippen LogP) is 2.62. The summed E-state index contributed by atoms with van der Waals surface area (Å²) in [4.78, 5) is 0. The lowest BCUT2D eigenvalue weighted by Gasteiger charge is -1.97. The zero-order valence-electron chi connectivity index (χ0n) is 7.64. The molecule has 0 radical (unpaired) electrons. The van der Waals surface area contributed by atoms with Crippen LogP contribution in [0.3, 0.4) is 0 Å². The van der Waals surface area contributed by atoms with Gasteiger partial charge in [0.25, 0.3) is 0 Å². The van der Waals surface area contributed by atoms with Gasteiger partial charge in [-0.15, -0.1) is 0 Å². The molecule has 0 aliphatic heterocycles. The Kier molecular flexibility index (Phi) is 3.64. The van der Waals surface area contributed by atoms with Crippen molar-refractivity contribution in [2.24, 2.45) is 0 Å². The summed E-state index contributed by atoms with van der Waals surface area (Å²) in [6.07, 6.45) is 9.24. The van der Waals surface area contributed by atoms with E-state index in [4.69, 9.17) is 0 Å². The van der Waals surface area contributed by atoms with Crippen LogP contribution in [-0.2, 0) is 0 Å². The van der Waals surface area contributed by atoms with Gasteiger partial charge in [0.2, 0.25) is 0 Å². The third-order valence-electron chi connectivity index (χ3n) is 1.51. The van der Waals surface area contributed by atoms with Gasteiger partial charge in [-0.2, -0.15) is 10.2 Å². The molecule has 2 heteroatoms. The fraction of sp³-hybridized carbons (Fsp3) is 0.0909. The van der Waals surface area contributed by atoms with Crippen molar-refractivity contribution in [3.63, 3.8) is 0 Å². The van der Waals surface area contributed by atoms with Crippen molar-refractivity contribution in [2.45, 2.75) is 6.92 Å². The lowest BCUT2D eigenvalue weighted by Crippen LogP contribution is -1.88. The fourth-order valence-corrected chi connectivity index (χ4v) is 0.988. The molecular formula is C11H12N2. The number of rotatable bonds is 3. The van der Waals surface area contributed by atoms with Gasteiger partial charge in [0.1, 0.15) is 0 Å². The van der Waals surface area contributed by atoms with Crippen molar-refractivity contribution >= 4 is 5.57 Å². The first-order chi connectivity index (χ1) is 6.38.